The van der Waals surface area contributed by atoms with Crippen LogP contribution in [0.1, 0.15) is 36.6 Å². The van der Waals surface area contributed by atoms with Crippen LogP contribution in [0.25, 0.3) is 16.8 Å². The summed E-state index contributed by atoms with van der Waals surface area (Å²) >= 11 is -1.17. The molecule has 4 aromatic rings. The van der Waals surface area contributed by atoms with E-state index >= 15 is 0 Å². The van der Waals surface area contributed by atoms with E-state index in [1.807, 2.05) is 4.90 Å². The van der Waals surface area contributed by atoms with E-state index in [1.54, 1.807) is 61.8 Å². The number of carbonyl (C=O) groups is 1. The van der Waals surface area contributed by atoms with E-state index in [1.165, 1.54) is 16.8 Å². The summed E-state index contributed by atoms with van der Waals surface area (Å²) in [5.74, 6) is -1.11. The predicted molar refractivity (Wildman–Crippen MR) is 170 cm³/mol. The molecule has 0 amide bonds. The van der Waals surface area contributed by atoms with Crippen LogP contribution in [0.2, 0.25) is 0 Å². The number of benzene rings is 2. The maximum Gasteiger partial charge on any atom is 0.429 e. The minimum Gasteiger partial charge on any atom is -0.612 e. The first-order valence-corrected chi connectivity index (χ1v) is 16.6. The number of hydrogen-bond donors (Lipinski definition) is 3. The normalized spacial score (nSPS) is 19.1. The molecule has 1 spiro atoms. The number of hydrogen-bond acceptors (Lipinski definition) is 9. The van der Waals surface area contributed by atoms with E-state index in [0.29, 0.717) is 60.9 Å². The number of nitrogen functional groups attached to an aromatic ring is 1. The van der Waals surface area contributed by atoms with Crippen molar-refractivity contribution in [1.29, 1.82) is 0 Å². The van der Waals surface area contributed by atoms with Gasteiger partial charge in [-0.1, -0.05) is 12.1 Å². The Morgan fingerprint density at radius 2 is 1.83 bits per heavy atom. The number of aromatic nitrogens is 4. The lowest BCUT2D eigenvalue weighted by atomic mass is 9.76. The monoisotopic (exact) mass is 669 g/mol. The number of aryl methyl sites for hydroxylation is 1. The number of nitrogens with zero attached hydrogens (tertiary/aromatic N) is 5. The van der Waals surface area contributed by atoms with Gasteiger partial charge < -0.3 is 30.3 Å². The number of halogens is 3. The standard InChI is InChI=1S/C32H34F3N7O4S/c1-19-9-12-42(40-19)25-15-21(20-3-6-22(7-4-20)47(2)45)5-8-23(25)28(32(33,34)35)46-27-16-26(38-30(36)39-27)41-13-10-31(11-14-41)17-24(29(43)44)37-18-31/h3-9,12,15-16,24,28,37H,10-11,13-14,17-18H2,1-2H3,(H,43,44)(H2,36,38,39)/t24-,28+,47?/m0/s1. The van der Waals surface area contributed by atoms with Crippen LogP contribution < -0.4 is 20.7 Å². The average molecular weight is 670 g/mol. The third kappa shape index (κ3) is 7.01. The summed E-state index contributed by atoms with van der Waals surface area (Å²) in [6, 6.07) is 14.0. The van der Waals surface area contributed by atoms with Crippen molar-refractivity contribution in [3.05, 3.63) is 72.1 Å². The highest BCUT2D eigenvalue weighted by Gasteiger charge is 2.46. The fourth-order valence-electron chi connectivity index (χ4n) is 6.29. The average Bonchev–Trinajstić information content (AvgIpc) is 3.66. The largest absolute Gasteiger partial charge is 0.612 e. The Labute approximate surface area is 272 Å². The van der Waals surface area contributed by atoms with E-state index in [-0.39, 0.29) is 28.5 Å². The molecule has 1 unspecified atom stereocenters. The molecule has 2 aromatic carbocycles. The molecular formula is C32H34F3N7O4S. The number of aliphatic carboxylic acids is 1. The molecule has 2 fully saturated rings. The Balaban J connectivity index is 1.30. The van der Waals surface area contributed by atoms with Crippen LogP contribution in [0, 0.1) is 12.3 Å². The molecule has 0 aliphatic carbocycles. The van der Waals surface area contributed by atoms with Gasteiger partial charge in [0.05, 0.1) is 11.4 Å². The highest BCUT2D eigenvalue weighted by Crippen LogP contribution is 2.43. The molecule has 0 bridgehead atoms. The molecule has 3 atom stereocenters. The van der Waals surface area contributed by atoms with Gasteiger partial charge in [-0.05, 0) is 90.3 Å². The Bertz CT molecular complexity index is 1760. The molecule has 4 heterocycles. The van der Waals surface area contributed by atoms with Gasteiger partial charge in [0.2, 0.25) is 17.9 Å². The summed E-state index contributed by atoms with van der Waals surface area (Å²) in [6.07, 6.45) is -2.23. The summed E-state index contributed by atoms with van der Waals surface area (Å²) in [4.78, 5) is 22.3. The molecular weight excluding hydrogens is 635 g/mol. The van der Waals surface area contributed by atoms with Crippen molar-refractivity contribution >= 4 is 28.9 Å². The predicted octanol–water partition coefficient (Wildman–Crippen LogP) is 4.67. The fourth-order valence-corrected chi connectivity index (χ4v) is 6.81. The van der Waals surface area contributed by atoms with Crippen LogP contribution in [0.4, 0.5) is 24.9 Å². The molecule has 6 rings (SSSR count). The number of carboxylic acids is 1. The summed E-state index contributed by atoms with van der Waals surface area (Å²) in [7, 11) is 0. The van der Waals surface area contributed by atoms with Crippen molar-refractivity contribution in [2.24, 2.45) is 5.41 Å². The molecule has 15 heteroatoms. The molecule has 0 saturated carbocycles. The van der Waals surface area contributed by atoms with E-state index < -0.39 is 35.5 Å². The lowest BCUT2D eigenvalue weighted by Crippen LogP contribution is -2.41. The third-order valence-electron chi connectivity index (χ3n) is 8.85. The number of carboxylic acid groups (broad SMARTS) is 1. The Morgan fingerprint density at radius 1 is 1.13 bits per heavy atom. The SMILES string of the molecule is Cc1ccn(-c2cc(-c3ccc([S+](C)[O-])cc3)ccc2[C@@H](Oc2cc(N3CCC4(CC3)CN[C@H](C(=O)O)C4)nc(N)n2)C(F)(F)F)n1. The summed E-state index contributed by atoms with van der Waals surface area (Å²) in [5.41, 5.74) is 7.76. The smallest absolute Gasteiger partial charge is 0.429 e. The molecule has 11 nitrogen and oxygen atoms in total. The quantitative estimate of drug-likeness (QED) is 0.226. The molecule has 2 saturated heterocycles. The van der Waals surface area contributed by atoms with Gasteiger partial charge in [0.15, 0.2) is 4.90 Å². The molecule has 2 aliphatic rings. The van der Waals surface area contributed by atoms with Gasteiger partial charge in [-0.25, -0.2) is 4.68 Å². The second-order valence-corrected chi connectivity index (χ2v) is 13.5. The second-order valence-electron chi connectivity index (χ2n) is 12.1. The van der Waals surface area contributed by atoms with E-state index in [2.05, 4.69) is 20.4 Å². The van der Waals surface area contributed by atoms with E-state index in [9.17, 15) is 27.6 Å². The van der Waals surface area contributed by atoms with Gasteiger partial charge in [0.25, 0.3) is 0 Å². The maximum atomic E-state index is 14.8. The topological polar surface area (TPSA) is 154 Å². The van der Waals surface area contributed by atoms with Gasteiger partial charge in [-0.15, -0.1) is 0 Å². The Kier molecular flexibility index (Phi) is 8.80. The Morgan fingerprint density at radius 3 is 2.43 bits per heavy atom. The van der Waals surface area contributed by atoms with Gasteiger partial charge in [-0.3, -0.25) is 4.79 Å². The van der Waals surface area contributed by atoms with Crippen LogP contribution in [0.15, 0.2) is 65.7 Å². The number of nitrogens with one attached hydrogen (secondary N) is 1. The minimum absolute atomic E-state index is 0.162. The molecule has 47 heavy (non-hydrogen) atoms. The Hall–Kier alpha value is -4.34. The van der Waals surface area contributed by atoms with Crippen LogP contribution in [0.3, 0.4) is 0 Å². The van der Waals surface area contributed by atoms with Crippen LogP contribution in [-0.2, 0) is 16.0 Å². The number of nitrogens with two attached hydrogens (primary N) is 1. The summed E-state index contributed by atoms with van der Waals surface area (Å²) in [5, 5.41) is 16.8. The van der Waals surface area contributed by atoms with E-state index in [0.717, 1.165) is 5.56 Å². The lowest BCUT2D eigenvalue weighted by Gasteiger charge is -2.39. The zero-order valence-corrected chi connectivity index (χ0v) is 26.5. The lowest BCUT2D eigenvalue weighted by molar-refractivity contribution is -0.198. The van der Waals surface area contributed by atoms with Gasteiger partial charge in [0, 0.05) is 37.5 Å². The number of ether oxygens (including phenoxy) is 1. The third-order valence-corrected chi connectivity index (χ3v) is 9.79. The molecule has 2 aliphatic heterocycles. The van der Waals surface area contributed by atoms with Gasteiger partial charge in [0.1, 0.15) is 18.1 Å². The van der Waals surface area contributed by atoms with Crippen LogP contribution >= 0.6 is 0 Å². The molecule has 248 valence electrons. The molecule has 4 N–H and O–H groups in total. The first-order valence-electron chi connectivity index (χ1n) is 15.0. The first kappa shape index (κ1) is 32.6. The molecule has 0 radical (unpaired) electrons. The number of anilines is 2. The zero-order chi connectivity index (χ0) is 33.5. The van der Waals surface area contributed by atoms with Crippen LogP contribution in [0.5, 0.6) is 5.88 Å². The highest BCUT2D eigenvalue weighted by molar-refractivity contribution is 7.90. The van der Waals surface area contributed by atoms with Gasteiger partial charge >= 0.3 is 12.1 Å². The van der Waals surface area contributed by atoms with Crippen molar-refractivity contribution in [3.8, 4) is 22.7 Å². The van der Waals surface area contributed by atoms with E-state index in [4.69, 9.17) is 10.5 Å². The number of alkyl halides is 3. The molecule has 2 aromatic heterocycles. The van der Waals surface area contributed by atoms with Crippen molar-refractivity contribution < 1.29 is 32.4 Å². The van der Waals surface area contributed by atoms with Crippen molar-refractivity contribution in [2.75, 3.05) is 36.5 Å². The van der Waals surface area contributed by atoms with Crippen LogP contribution in [-0.4, -0.2) is 73.5 Å². The second kappa shape index (κ2) is 12.7. The maximum absolute atomic E-state index is 14.8. The minimum atomic E-state index is -4.85. The van der Waals surface area contributed by atoms with Gasteiger partial charge in [-0.2, -0.15) is 28.2 Å². The zero-order valence-electron chi connectivity index (χ0n) is 25.7. The summed E-state index contributed by atoms with van der Waals surface area (Å²) in [6.45, 7) is 3.37. The summed E-state index contributed by atoms with van der Waals surface area (Å²) < 4.78 is 63.4. The van der Waals surface area contributed by atoms with Crippen molar-refractivity contribution in [2.45, 2.75) is 49.4 Å². The van der Waals surface area contributed by atoms with Crippen molar-refractivity contribution in [1.82, 2.24) is 25.1 Å². The number of piperidine rings is 1. The first-order chi connectivity index (χ1) is 22.3. The van der Waals surface area contributed by atoms with Crippen molar-refractivity contribution in [3.63, 3.8) is 0 Å². The fraction of sp³-hybridized carbons (Fsp3) is 0.375. The number of rotatable bonds is 8. The highest BCUT2D eigenvalue weighted by atomic mass is 32.2.